The topological polar surface area (TPSA) is 55.6 Å². The molecule has 0 fully saturated rings. The van der Waals surface area contributed by atoms with E-state index in [1.807, 2.05) is 12.1 Å². The molecule has 5 heteroatoms. The van der Waals surface area contributed by atoms with E-state index in [-0.39, 0.29) is 12.5 Å². The summed E-state index contributed by atoms with van der Waals surface area (Å²) >= 11 is 3.30. The maximum absolute atomic E-state index is 11.1. The Hall–Kier alpha value is -1.07. The number of amides is 1. The fourth-order valence-corrected chi connectivity index (χ4v) is 1.18. The van der Waals surface area contributed by atoms with Crippen molar-refractivity contribution in [1.82, 2.24) is 5.01 Å². The van der Waals surface area contributed by atoms with E-state index < -0.39 is 0 Å². The smallest absolute Gasteiger partial charge is 0.274 e. The molecule has 0 saturated carbocycles. The Morgan fingerprint density at radius 2 is 2.36 bits per heavy atom. The number of hydrazine groups is 1. The van der Waals surface area contributed by atoms with Crippen molar-refractivity contribution >= 4 is 21.8 Å². The van der Waals surface area contributed by atoms with Crippen molar-refractivity contribution in [1.29, 1.82) is 0 Å². The average molecular weight is 259 g/mol. The minimum atomic E-state index is -0.273. The summed E-state index contributed by atoms with van der Waals surface area (Å²) in [4.78, 5) is 11.1. The number of ether oxygens (including phenoxy) is 1. The van der Waals surface area contributed by atoms with E-state index in [4.69, 9.17) is 10.6 Å². The zero-order valence-electron chi connectivity index (χ0n) is 7.74. The summed E-state index contributed by atoms with van der Waals surface area (Å²) in [6.45, 7) is -0.0521. The molecule has 4 nitrogen and oxygen atoms in total. The highest BCUT2D eigenvalue weighted by molar-refractivity contribution is 9.10. The summed E-state index contributed by atoms with van der Waals surface area (Å²) in [5, 5.41) is 0.998. The van der Waals surface area contributed by atoms with Crippen LogP contribution in [-0.2, 0) is 4.79 Å². The van der Waals surface area contributed by atoms with E-state index in [1.165, 1.54) is 7.05 Å². The molecule has 2 N–H and O–H groups in total. The van der Waals surface area contributed by atoms with Crippen molar-refractivity contribution in [2.75, 3.05) is 13.7 Å². The fourth-order valence-electron chi connectivity index (χ4n) is 0.804. The number of hydrogen-bond acceptors (Lipinski definition) is 3. The average Bonchev–Trinajstić information content (AvgIpc) is 2.14. The quantitative estimate of drug-likeness (QED) is 0.503. The van der Waals surface area contributed by atoms with Gasteiger partial charge in [-0.05, 0) is 18.2 Å². The standard InChI is InChI=1S/C9H11BrN2O2/c1-12(11)9(13)6-14-8-4-2-3-7(10)5-8/h2-5H,6,11H2,1H3. The van der Waals surface area contributed by atoms with Crippen molar-refractivity contribution in [2.45, 2.75) is 0 Å². The molecular weight excluding hydrogens is 248 g/mol. The Morgan fingerprint density at radius 1 is 1.64 bits per heavy atom. The Bertz CT molecular complexity index is 328. The van der Waals surface area contributed by atoms with Gasteiger partial charge >= 0.3 is 0 Å². The first-order valence-corrected chi connectivity index (χ1v) is 4.78. The second kappa shape index (κ2) is 4.97. The molecule has 0 aliphatic heterocycles. The van der Waals surface area contributed by atoms with Crippen LogP contribution < -0.4 is 10.6 Å². The third-order valence-electron chi connectivity index (χ3n) is 1.55. The van der Waals surface area contributed by atoms with Crippen LogP contribution in [-0.4, -0.2) is 24.6 Å². The van der Waals surface area contributed by atoms with Crippen LogP contribution in [0, 0.1) is 0 Å². The van der Waals surface area contributed by atoms with Gasteiger partial charge in [0.05, 0.1) is 0 Å². The van der Waals surface area contributed by atoms with Gasteiger partial charge in [0, 0.05) is 11.5 Å². The lowest BCUT2D eigenvalue weighted by molar-refractivity contribution is -0.132. The van der Waals surface area contributed by atoms with Gasteiger partial charge in [0.25, 0.3) is 5.91 Å². The van der Waals surface area contributed by atoms with Crippen molar-refractivity contribution in [3.63, 3.8) is 0 Å². The number of likely N-dealkylation sites (N-methyl/N-ethyl adjacent to an activating group) is 1. The van der Waals surface area contributed by atoms with E-state index >= 15 is 0 Å². The molecule has 0 radical (unpaired) electrons. The molecule has 0 saturated heterocycles. The van der Waals surface area contributed by atoms with Gasteiger partial charge < -0.3 is 4.74 Å². The van der Waals surface area contributed by atoms with Gasteiger partial charge in [0.1, 0.15) is 5.75 Å². The van der Waals surface area contributed by atoms with Crippen LogP contribution in [0.2, 0.25) is 0 Å². The molecule has 0 atom stereocenters. The molecule has 76 valence electrons. The molecule has 0 aliphatic rings. The van der Waals surface area contributed by atoms with Gasteiger partial charge in [-0.25, -0.2) is 5.84 Å². The highest BCUT2D eigenvalue weighted by Gasteiger charge is 2.04. The lowest BCUT2D eigenvalue weighted by Crippen LogP contribution is -2.36. The molecule has 0 heterocycles. The van der Waals surface area contributed by atoms with Gasteiger partial charge in [-0.2, -0.15) is 0 Å². The third-order valence-corrected chi connectivity index (χ3v) is 2.05. The summed E-state index contributed by atoms with van der Waals surface area (Å²) in [6, 6.07) is 7.26. The number of hydrogen-bond donors (Lipinski definition) is 1. The SMILES string of the molecule is CN(N)C(=O)COc1cccc(Br)c1. The lowest BCUT2D eigenvalue weighted by Gasteiger charge is -2.10. The van der Waals surface area contributed by atoms with Crippen LogP contribution in [0.15, 0.2) is 28.7 Å². The predicted molar refractivity (Wildman–Crippen MR) is 56.6 cm³/mol. The Balaban J connectivity index is 2.50. The molecule has 0 aliphatic carbocycles. The summed E-state index contributed by atoms with van der Waals surface area (Å²) in [5.41, 5.74) is 0. The zero-order chi connectivity index (χ0) is 10.6. The maximum Gasteiger partial charge on any atom is 0.274 e. The highest BCUT2D eigenvalue weighted by atomic mass is 79.9. The van der Waals surface area contributed by atoms with Crippen LogP contribution in [0.5, 0.6) is 5.75 Å². The number of benzene rings is 1. The first-order chi connectivity index (χ1) is 6.59. The molecular formula is C9H11BrN2O2. The number of carbonyl (C=O) groups excluding carboxylic acids is 1. The lowest BCUT2D eigenvalue weighted by atomic mass is 10.3. The van der Waals surface area contributed by atoms with Crippen molar-refractivity contribution in [2.24, 2.45) is 5.84 Å². The van der Waals surface area contributed by atoms with E-state index in [1.54, 1.807) is 12.1 Å². The first kappa shape index (κ1) is 11.0. The minimum Gasteiger partial charge on any atom is -0.484 e. The summed E-state index contributed by atoms with van der Waals surface area (Å²) < 4.78 is 6.11. The number of halogens is 1. The van der Waals surface area contributed by atoms with Gasteiger partial charge in [0.2, 0.25) is 0 Å². The molecule has 0 aromatic heterocycles. The van der Waals surface area contributed by atoms with E-state index in [0.717, 1.165) is 9.48 Å². The number of carbonyl (C=O) groups is 1. The molecule has 1 aromatic carbocycles. The third kappa shape index (κ3) is 3.35. The second-order valence-electron chi connectivity index (χ2n) is 2.75. The normalized spacial score (nSPS) is 9.64. The van der Waals surface area contributed by atoms with Crippen LogP contribution in [0.3, 0.4) is 0 Å². The van der Waals surface area contributed by atoms with Crippen molar-refractivity contribution in [3.8, 4) is 5.75 Å². The van der Waals surface area contributed by atoms with Crippen LogP contribution in [0.4, 0.5) is 0 Å². The number of nitrogens with two attached hydrogens (primary N) is 1. The largest absolute Gasteiger partial charge is 0.484 e. The minimum absolute atomic E-state index is 0.0521. The molecule has 0 spiro atoms. The number of rotatable bonds is 3. The van der Waals surface area contributed by atoms with Crippen molar-refractivity contribution < 1.29 is 9.53 Å². The van der Waals surface area contributed by atoms with Gasteiger partial charge in [-0.15, -0.1) is 0 Å². The summed E-state index contributed by atoms with van der Waals surface area (Å²) in [7, 11) is 1.48. The summed E-state index contributed by atoms with van der Waals surface area (Å²) in [6.07, 6.45) is 0. The Kier molecular flexibility index (Phi) is 3.91. The van der Waals surface area contributed by atoms with Crippen molar-refractivity contribution in [3.05, 3.63) is 28.7 Å². The molecule has 1 rings (SSSR count). The van der Waals surface area contributed by atoms with Crippen LogP contribution >= 0.6 is 15.9 Å². The molecule has 14 heavy (non-hydrogen) atoms. The van der Waals surface area contributed by atoms with E-state index in [9.17, 15) is 4.79 Å². The maximum atomic E-state index is 11.1. The van der Waals surface area contributed by atoms with E-state index in [0.29, 0.717) is 5.75 Å². The zero-order valence-corrected chi connectivity index (χ0v) is 9.32. The molecule has 1 aromatic rings. The van der Waals surface area contributed by atoms with Crippen LogP contribution in [0.1, 0.15) is 0 Å². The molecule has 0 unspecified atom stereocenters. The second-order valence-corrected chi connectivity index (χ2v) is 3.67. The van der Waals surface area contributed by atoms with Gasteiger partial charge in [0.15, 0.2) is 6.61 Å². The van der Waals surface area contributed by atoms with Gasteiger partial charge in [-0.1, -0.05) is 22.0 Å². The predicted octanol–water partition coefficient (Wildman–Crippen LogP) is 1.16. The van der Waals surface area contributed by atoms with E-state index in [2.05, 4.69) is 15.9 Å². The first-order valence-electron chi connectivity index (χ1n) is 3.99. The molecule has 0 bridgehead atoms. The van der Waals surface area contributed by atoms with Gasteiger partial charge in [-0.3, -0.25) is 9.80 Å². The monoisotopic (exact) mass is 258 g/mol. The number of nitrogens with zero attached hydrogens (tertiary/aromatic N) is 1. The summed E-state index contributed by atoms with van der Waals surface area (Å²) in [5.74, 6) is 5.59. The Labute approximate surface area is 90.7 Å². The van der Waals surface area contributed by atoms with Crippen LogP contribution in [0.25, 0.3) is 0 Å². The fraction of sp³-hybridized carbons (Fsp3) is 0.222. The Morgan fingerprint density at radius 3 is 2.93 bits per heavy atom. The highest BCUT2D eigenvalue weighted by Crippen LogP contribution is 2.17. The molecule has 1 amide bonds.